The second-order valence-electron chi connectivity index (χ2n) is 7.91. The van der Waals surface area contributed by atoms with Gasteiger partial charge >= 0.3 is 0 Å². The van der Waals surface area contributed by atoms with Crippen LogP contribution in [0.4, 0.5) is 0 Å². The van der Waals surface area contributed by atoms with E-state index < -0.39 is 0 Å². The molecule has 4 aromatic rings. The molecule has 6 heteroatoms. The zero-order valence-corrected chi connectivity index (χ0v) is 19.3. The summed E-state index contributed by atoms with van der Waals surface area (Å²) in [5.74, 6) is 1.09. The topological polar surface area (TPSA) is 72.2 Å². The van der Waals surface area contributed by atoms with Crippen LogP contribution in [0.1, 0.15) is 32.7 Å². The van der Waals surface area contributed by atoms with Crippen molar-refractivity contribution in [3.63, 3.8) is 0 Å². The molecule has 0 unspecified atom stereocenters. The van der Waals surface area contributed by atoms with Gasteiger partial charge in [-0.3, -0.25) is 4.79 Å². The molecule has 1 aliphatic carbocycles. The molecule has 3 aromatic carbocycles. The van der Waals surface area contributed by atoms with Crippen molar-refractivity contribution in [2.75, 3.05) is 6.79 Å². The summed E-state index contributed by atoms with van der Waals surface area (Å²) < 4.78 is 12.0. The van der Waals surface area contributed by atoms with Crippen molar-refractivity contribution in [1.29, 1.82) is 5.26 Å². The fourth-order valence-electron chi connectivity index (χ4n) is 4.40. The second kappa shape index (κ2) is 7.98. The SMILES string of the molecule is N#Cc1c(C=Cc2cccc(Br)c2)nc2c(c1-c1ccc3c(c1)OCO3)C(=O)c1ccccc1-2. The molecule has 2 aliphatic rings. The number of ether oxygens (including phenoxy) is 2. The summed E-state index contributed by atoms with van der Waals surface area (Å²) in [4.78, 5) is 18.3. The van der Waals surface area contributed by atoms with Crippen molar-refractivity contribution in [3.8, 4) is 40.0 Å². The number of aromatic nitrogens is 1. The maximum absolute atomic E-state index is 13.5. The van der Waals surface area contributed by atoms with Crippen LogP contribution in [0.3, 0.4) is 0 Å². The molecule has 162 valence electrons. The van der Waals surface area contributed by atoms with Gasteiger partial charge < -0.3 is 9.47 Å². The Balaban J connectivity index is 1.62. The van der Waals surface area contributed by atoms with Gasteiger partial charge in [0.15, 0.2) is 17.3 Å². The van der Waals surface area contributed by atoms with Crippen LogP contribution in [0.5, 0.6) is 11.5 Å². The number of pyridine rings is 1. The number of hydrogen-bond acceptors (Lipinski definition) is 5. The molecule has 2 heterocycles. The first kappa shape index (κ1) is 20.4. The van der Waals surface area contributed by atoms with E-state index in [1.165, 1.54) is 0 Å². The van der Waals surface area contributed by atoms with Crippen molar-refractivity contribution in [2.24, 2.45) is 0 Å². The van der Waals surface area contributed by atoms with Gasteiger partial charge in [0.25, 0.3) is 0 Å². The third kappa shape index (κ3) is 3.21. The van der Waals surface area contributed by atoms with Crippen molar-refractivity contribution in [1.82, 2.24) is 4.98 Å². The number of fused-ring (bicyclic) bond motifs is 4. The van der Waals surface area contributed by atoms with E-state index in [4.69, 9.17) is 14.5 Å². The maximum atomic E-state index is 13.5. The van der Waals surface area contributed by atoms with Crippen molar-refractivity contribution < 1.29 is 14.3 Å². The molecule has 34 heavy (non-hydrogen) atoms. The Bertz CT molecular complexity index is 1580. The lowest BCUT2D eigenvalue weighted by Crippen LogP contribution is -2.04. The van der Waals surface area contributed by atoms with E-state index in [2.05, 4.69) is 22.0 Å². The first-order valence-corrected chi connectivity index (χ1v) is 11.4. The highest BCUT2D eigenvalue weighted by molar-refractivity contribution is 9.10. The summed E-state index contributed by atoms with van der Waals surface area (Å²) >= 11 is 3.49. The van der Waals surface area contributed by atoms with Gasteiger partial charge in [0.2, 0.25) is 6.79 Å². The minimum atomic E-state index is -0.134. The summed E-state index contributed by atoms with van der Waals surface area (Å²) in [6.45, 7) is 0.142. The molecule has 0 bridgehead atoms. The highest BCUT2D eigenvalue weighted by atomic mass is 79.9. The molecular formula is C28H15BrN2O3. The maximum Gasteiger partial charge on any atom is 0.231 e. The zero-order chi connectivity index (χ0) is 23.2. The largest absolute Gasteiger partial charge is 0.454 e. The lowest BCUT2D eigenvalue weighted by molar-refractivity contribution is 0.104. The summed E-state index contributed by atoms with van der Waals surface area (Å²) in [5.41, 5.74) is 5.44. The highest BCUT2D eigenvalue weighted by Gasteiger charge is 2.34. The summed E-state index contributed by atoms with van der Waals surface area (Å²) in [5, 5.41) is 10.2. The average Bonchev–Trinajstić information content (AvgIpc) is 3.44. The van der Waals surface area contributed by atoms with Crippen LogP contribution < -0.4 is 9.47 Å². The fourth-order valence-corrected chi connectivity index (χ4v) is 4.82. The molecule has 0 saturated carbocycles. The van der Waals surface area contributed by atoms with Crippen LogP contribution in [-0.4, -0.2) is 17.6 Å². The van der Waals surface area contributed by atoms with E-state index in [1.54, 1.807) is 12.1 Å². The molecule has 0 fully saturated rings. The minimum Gasteiger partial charge on any atom is -0.454 e. The summed E-state index contributed by atoms with van der Waals surface area (Å²) in [6.07, 6.45) is 3.73. The molecule has 5 nitrogen and oxygen atoms in total. The molecule has 1 aromatic heterocycles. The molecule has 0 N–H and O–H groups in total. The zero-order valence-electron chi connectivity index (χ0n) is 17.7. The number of halogens is 1. The van der Waals surface area contributed by atoms with Crippen LogP contribution in [0.15, 0.2) is 71.2 Å². The van der Waals surface area contributed by atoms with Crippen LogP contribution in [0.2, 0.25) is 0 Å². The standard InChI is InChI=1S/C28H15BrN2O3/c29-18-5-3-4-16(12-18)8-10-22-21(14-30)25(17-9-11-23-24(13-17)34-15-33-23)26-27(31-22)19-6-1-2-7-20(19)28(26)32/h1-13H,15H2. The van der Waals surface area contributed by atoms with Gasteiger partial charge in [0.05, 0.1) is 22.5 Å². The molecule has 0 spiro atoms. The lowest BCUT2D eigenvalue weighted by atomic mass is 9.91. The number of carbonyl (C=O) groups excluding carboxylic acids is 1. The van der Waals surface area contributed by atoms with E-state index in [9.17, 15) is 10.1 Å². The Labute approximate surface area is 204 Å². The van der Waals surface area contributed by atoms with Gasteiger partial charge in [-0.05, 0) is 41.5 Å². The second-order valence-corrected chi connectivity index (χ2v) is 8.83. The third-order valence-corrected chi connectivity index (χ3v) is 6.43. The van der Waals surface area contributed by atoms with Gasteiger partial charge in [0.1, 0.15) is 6.07 Å². The van der Waals surface area contributed by atoms with Gasteiger partial charge in [-0.25, -0.2) is 4.98 Å². The van der Waals surface area contributed by atoms with Crippen molar-refractivity contribution >= 4 is 33.9 Å². The van der Waals surface area contributed by atoms with E-state index in [1.807, 2.05) is 66.7 Å². The molecule has 0 radical (unpaired) electrons. The van der Waals surface area contributed by atoms with E-state index in [0.29, 0.717) is 50.7 Å². The number of carbonyl (C=O) groups is 1. The number of nitrogens with zero attached hydrogens (tertiary/aromatic N) is 2. The Kier molecular flexibility index (Phi) is 4.79. The Morgan fingerprint density at radius 1 is 0.912 bits per heavy atom. The number of hydrogen-bond donors (Lipinski definition) is 0. The predicted octanol–water partition coefficient (Wildman–Crippen LogP) is 6.49. The molecule has 6 rings (SSSR count). The highest BCUT2D eigenvalue weighted by Crippen LogP contribution is 2.45. The predicted molar refractivity (Wildman–Crippen MR) is 132 cm³/mol. The van der Waals surface area contributed by atoms with Crippen molar-refractivity contribution in [2.45, 2.75) is 0 Å². The quantitative estimate of drug-likeness (QED) is 0.279. The number of nitriles is 1. The molecular weight excluding hydrogens is 492 g/mol. The first-order valence-electron chi connectivity index (χ1n) is 10.6. The smallest absolute Gasteiger partial charge is 0.231 e. The van der Waals surface area contributed by atoms with Gasteiger partial charge in [0, 0.05) is 21.2 Å². The number of benzene rings is 3. The van der Waals surface area contributed by atoms with Gasteiger partial charge in [-0.15, -0.1) is 0 Å². The monoisotopic (exact) mass is 506 g/mol. The van der Waals surface area contributed by atoms with E-state index in [0.717, 1.165) is 15.6 Å². The lowest BCUT2D eigenvalue weighted by Gasteiger charge is -2.13. The normalized spacial score (nSPS) is 13.1. The molecule has 0 atom stereocenters. The van der Waals surface area contributed by atoms with Crippen LogP contribution in [0, 0.1) is 11.3 Å². The summed E-state index contributed by atoms with van der Waals surface area (Å²) in [7, 11) is 0. The van der Waals surface area contributed by atoms with Crippen LogP contribution in [0.25, 0.3) is 34.5 Å². The van der Waals surface area contributed by atoms with Crippen LogP contribution in [-0.2, 0) is 0 Å². The minimum absolute atomic E-state index is 0.134. The molecule has 1 aliphatic heterocycles. The van der Waals surface area contributed by atoms with Gasteiger partial charge in [-0.2, -0.15) is 5.26 Å². The Morgan fingerprint density at radius 2 is 1.74 bits per heavy atom. The molecule has 0 amide bonds. The van der Waals surface area contributed by atoms with Gasteiger partial charge in [-0.1, -0.05) is 64.5 Å². The van der Waals surface area contributed by atoms with E-state index in [-0.39, 0.29) is 12.6 Å². The third-order valence-electron chi connectivity index (χ3n) is 5.93. The first-order chi connectivity index (χ1) is 16.6. The van der Waals surface area contributed by atoms with Crippen LogP contribution >= 0.6 is 15.9 Å². The van der Waals surface area contributed by atoms with E-state index >= 15 is 0 Å². The fraction of sp³-hybridized carbons (Fsp3) is 0.0357. The Morgan fingerprint density at radius 3 is 2.56 bits per heavy atom. The average molecular weight is 507 g/mol. The Hall–Kier alpha value is -4.21. The number of ketones is 1. The molecule has 0 saturated heterocycles. The number of rotatable bonds is 3. The summed E-state index contributed by atoms with van der Waals surface area (Å²) in [6, 6.07) is 23.0. The van der Waals surface area contributed by atoms with Crippen molar-refractivity contribution in [3.05, 3.63) is 99.2 Å².